The lowest BCUT2D eigenvalue weighted by atomic mass is 10.1. The van der Waals surface area contributed by atoms with Gasteiger partial charge in [0.25, 0.3) is 5.91 Å². The number of hydrogen-bond donors (Lipinski definition) is 1. The van der Waals surface area contributed by atoms with E-state index in [0.29, 0.717) is 13.0 Å². The highest BCUT2D eigenvalue weighted by Gasteiger charge is 2.44. The molecule has 1 N–H and O–H groups in total. The van der Waals surface area contributed by atoms with Crippen molar-refractivity contribution in [3.63, 3.8) is 0 Å². The zero-order chi connectivity index (χ0) is 20.3. The molecule has 154 valence electrons. The van der Waals surface area contributed by atoms with Gasteiger partial charge in [0.15, 0.2) is 0 Å². The molecule has 0 radical (unpaired) electrons. The lowest BCUT2D eigenvalue weighted by Gasteiger charge is -2.24. The van der Waals surface area contributed by atoms with Crippen LogP contribution in [-0.4, -0.2) is 48.4 Å². The predicted octanol–water partition coefficient (Wildman–Crippen LogP) is 3.44. The molecule has 1 heterocycles. The minimum atomic E-state index is -4.70. The summed E-state index contributed by atoms with van der Waals surface area (Å²) < 4.78 is 55.2. The van der Waals surface area contributed by atoms with Crippen LogP contribution in [0.1, 0.15) is 42.5 Å². The number of nitrogens with zero attached hydrogens (tertiary/aromatic N) is 1. The van der Waals surface area contributed by atoms with E-state index >= 15 is 0 Å². The molecule has 1 aromatic carbocycles. The summed E-state index contributed by atoms with van der Waals surface area (Å²) in [7, 11) is 0. The molecule has 9 heteroatoms. The van der Waals surface area contributed by atoms with Gasteiger partial charge in [0.2, 0.25) is 5.91 Å². The monoisotopic (exact) mass is 402 g/mol. The van der Waals surface area contributed by atoms with Crippen LogP contribution in [0.15, 0.2) is 24.3 Å². The number of para-hydroxylation sites is 1. The fraction of sp³-hybridized carbons (Fsp3) is 0.579. The third-order valence-electron chi connectivity index (χ3n) is 5.19. The maximum absolute atomic E-state index is 13.2. The second-order valence-electron chi connectivity index (χ2n) is 7.23. The first-order chi connectivity index (χ1) is 13.3. The largest absolute Gasteiger partial charge is 0.461 e. The van der Waals surface area contributed by atoms with E-state index in [1.54, 1.807) is 0 Å². The van der Waals surface area contributed by atoms with Crippen LogP contribution in [0, 0.1) is 5.92 Å². The summed E-state index contributed by atoms with van der Waals surface area (Å²) >= 11 is 0. The number of nitrogens with one attached hydrogen (secondary N) is 1. The van der Waals surface area contributed by atoms with Crippen molar-refractivity contribution < 1.29 is 31.9 Å². The number of rotatable bonds is 7. The molecule has 1 atom stereocenters. The Hall–Kier alpha value is -2.32. The molecule has 2 aliphatic rings. The lowest BCUT2D eigenvalue weighted by molar-refractivity contribution is -0.253. The SMILES string of the molecule is O=C(NCC1CC(=O)N(C2CCCC2)C1)c1ccccc1OC(F)(F)C(F)F. The Kier molecular flexibility index (Phi) is 6.10. The van der Waals surface area contributed by atoms with E-state index in [4.69, 9.17) is 0 Å². The Morgan fingerprint density at radius 1 is 1.25 bits per heavy atom. The average Bonchev–Trinajstić information content (AvgIpc) is 3.29. The van der Waals surface area contributed by atoms with Crippen molar-refractivity contribution in [2.45, 2.75) is 50.7 Å². The first kappa shape index (κ1) is 20.4. The standard InChI is InChI=1S/C19H22F4N2O3/c20-18(21)19(22,23)28-15-8-4-3-7-14(15)17(27)24-10-12-9-16(26)25(11-12)13-5-1-2-6-13/h3-4,7-8,12-13,18H,1-2,5-6,9-11H2,(H,24,27). The zero-order valence-corrected chi connectivity index (χ0v) is 15.2. The van der Waals surface area contributed by atoms with Crippen LogP contribution in [0.4, 0.5) is 17.6 Å². The molecule has 1 saturated heterocycles. The normalized spacial score (nSPS) is 20.8. The number of carbonyl (C=O) groups is 2. The molecule has 0 aromatic heterocycles. The van der Waals surface area contributed by atoms with Gasteiger partial charge < -0.3 is 15.0 Å². The van der Waals surface area contributed by atoms with Crippen molar-refractivity contribution in [1.82, 2.24) is 10.2 Å². The second-order valence-corrected chi connectivity index (χ2v) is 7.23. The number of likely N-dealkylation sites (tertiary alicyclic amines) is 1. The van der Waals surface area contributed by atoms with E-state index in [0.717, 1.165) is 31.7 Å². The highest BCUT2D eigenvalue weighted by Crippen LogP contribution is 2.31. The lowest BCUT2D eigenvalue weighted by Crippen LogP contribution is -2.36. The molecule has 1 unspecified atom stereocenters. The number of hydrogen-bond acceptors (Lipinski definition) is 3. The molecule has 2 amide bonds. The summed E-state index contributed by atoms with van der Waals surface area (Å²) in [6.07, 6.45) is -4.20. The van der Waals surface area contributed by atoms with Crippen LogP contribution in [-0.2, 0) is 4.79 Å². The molecule has 1 aliphatic carbocycles. The Morgan fingerprint density at radius 3 is 2.61 bits per heavy atom. The fourth-order valence-corrected chi connectivity index (χ4v) is 3.78. The Labute approximate surface area is 160 Å². The summed E-state index contributed by atoms with van der Waals surface area (Å²) in [4.78, 5) is 26.4. The molecule has 1 aromatic rings. The van der Waals surface area contributed by atoms with Crippen LogP contribution in [0.5, 0.6) is 5.75 Å². The van der Waals surface area contributed by atoms with Crippen LogP contribution < -0.4 is 10.1 Å². The Balaban J connectivity index is 1.59. The predicted molar refractivity (Wildman–Crippen MR) is 92.4 cm³/mol. The summed E-state index contributed by atoms with van der Waals surface area (Å²) in [5.74, 6) is -1.35. The van der Waals surface area contributed by atoms with Crippen molar-refractivity contribution in [3.05, 3.63) is 29.8 Å². The number of alkyl halides is 4. The van der Waals surface area contributed by atoms with Crippen LogP contribution in [0.25, 0.3) is 0 Å². The smallest absolute Gasteiger partial charge is 0.427 e. The van der Waals surface area contributed by atoms with Gasteiger partial charge in [0.1, 0.15) is 5.75 Å². The van der Waals surface area contributed by atoms with E-state index in [2.05, 4.69) is 10.1 Å². The zero-order valence-electron chi connectivity index (χ0n) is 15.2. The first-order valence-electron chi connectivity index (χ1n) is 9.29. The van der Waals surface area contributed by atoms with Crippen molar-refractivity contribution >= 4 is 11.8 Å². The van der Waals surface area contributed by atoms with E-state index in [-0.39, 0.29) is 30.0 Å². The minimum absolute atomic E-state index is 0.0615. The molecular formula is C19H22F4N2O3. The summed E-state index contributed by atoms with van der Waals surface area (Å²) in [5, 5.41) is 2.60. The van der Waals surface area contributed by atoms with E-state index in [9.17, 15) is 27.2 Å². The van der Waals surface area contributed by atoms with Crippen molar-refractivity contribution in [2.24, 2.45) is 5.92 Å². The van der Waals surface area contributed by atoms with Crippen LogP contribution >= 0.6 is 0 Å². The first-order valence-corrected chi connectivity index (χ1v) is 9.29. The average molecular weight is 402 g/mol. The van der Waals surface area contributed by atoms with Gasteiger partial charge in [-0.2, -0.15) is 17.6 Å². The molecule has 28 heavy (non-hydrogen) atoms. The van der Waals surface area contributed by atoms with Crippen LogP contribution in [0.3, 0.4) is 0 Å². The highest BCUT2D eigenvalue weighted by atomic mass is 19.3. The van der Waals surface area contributed by atoms with Gasteiger partial charge in [-0.15, -0.1) is 0 Å². The van der Waals surface area contributed by atoms with Gasteiger partial charge in [0.05, 0.1) is 5.56 Å². The van der Waals surface area contributed by atoms with Gasteiger partial charge in [-0.1, -0.05) is 25.0 Å². The van der Waals surface area contributed by atoms with Gasteiger partial charge in [-0.3, -0.25) is 9.59 Å². The summed E-state index contributed by atoms with van der Waals surface area (Å²) in [6.45, 7) is 0.735. The minimum Gasteiger partial charge on any atom is -0.427 e. The molecule has 0 bridgehead atoms. The fourth-order valence-electron chi connectivity index (χ4n) is 3.78. The maximum atomic E-state index is 13.2. The summed E-state index contributed by atoms with van der Waals surface area (Å²) in [5.41, 5.74) is -0.264. The Morgan fingerprint density at radius 2 is 1.93 bits per heavy atom. The number of benzene rings is 1. The third kappa shape index (κ3) is 4.56. The quantitative estimate of drug-likeness (QED) is 0.711. The van der Waals surface area contributed by atoms with Gasteiger partial charge in [0, 0.05) is 31.5 Å². The van der Waals surface area contributed by atoms with Crippen molar-refractivity contribution in [3.8, 4) is 5.75 Å². The van der Waals surface area contributed by atoms with Gasteiger partial charge >= 0.3 is 12.5 Å². The summed E-state index contributed by atoms with van der Waals surface area (Å²) in [6, 6.07) is 5.24. The van der Waals surface area contributed by atoms with Gasteiger partial charge in [-0.25, -0.2) is 0 Å². The number of ether oxygens (including phenoxy) is 1. The topological polar surface area (TPSA) is 58.6 Å². The molecule has 5 nitrogen and oxygen atoms in total. The molecular weight excluding hydrogens is 380 g/mol. The number of carbonyl (C=O) groups excluding carboxylic acids is 2. The Bertz CT molecular complexity index is 723. The molecule has 2 fully saturated rings. The molecule has 1 aliphatic heterocycles. The molecule has 0 spiro atoms. The second kappa shape index (κ2) is 8.36. The number of amides is 2. The third-order valence-corrected chi connectivity index (χ3v) is 5.19. The number of halogens is 4. The van der Waals surface area contributed by atoms with E-state index < -0.39 is 24.2 Å². The van der Waals surface area contributed by atoms with Crippen LogP contribution in [0.2, 0.25) is 0 Å². The van der Waals surface area contributed by atoms with E-state index in [1.807, 2.05) is 4.90 Å². The molecule has 3 rings (SSSR count). The maximum Gasteiger partial charge on any atom is 0.461 e. The van der Waals surface area contributed by atoms with Gasteiger partial charge in [-0.05, 0) is 25.0 Å². The highest BCUT2D eigenvalue weighted by molar-refractivity contribution is 5.97. The van der Waals surface area contributed by atoms with Crippen molar-refractivity contribution in [2.75, 3.05) is 13.1 Å². The van der Waals surface area contributed by atoms with E-state index in [1.165, 1.54) is 18.2 Å². The van der Waals surface area contributed by atoms with Crippen molar-refractivity contribution in [1.29, 1.82) is 0 Å². The molecule has 1 saturated carbocycles.